The normalized spacial score (nSPS) is 13.6. The van der Waals surface area contributed by atoms with Gasteiger partial charge in [0.1, 0.15) is 17.7 Å². The first-order valence-electron chi connectivity index (χ1n) is 5.32. The van der Waals surface area contributed by atoms with Crippen LogP contribution >= 0.6 is 0 Å². The van der Waals surface area contributed by atoms with Crippen molar-refractivity contribution in [3.63, 3.8) is 0 Å². The molecule has 1 aromatic heterocycles. The molecule has 0 bridgehead atoms. The van der Waals surface area contributed by atoms with Crippen molar-refractivity contribution in [1.82, 2.24) is 9.55 Å². The zero-order chi connectivity index (χ0) is 14.2. The van der Waals surface area contributed by atoms with Crippen LogP contribution in [0.5, 0.6) is 0 Å². The van der Waals surface area contributed by atoms with Gasteiger partial charge in [-0.15, -0.1) is 0 Å². The maximum atomic E-state index is 13.1. The van der Waals surface area contributed by atoms with E-state index >= 15 is 0 Å². The van der Waals surface area contributed by atoms with Crippen molar-refractivity contribution in [1.29, 1.82) is 0 Å². The number of aryl methyl sites for hydroxylation is 1. The highest BCUT2D eigenvalue weighted by atomic mass is 19.4. The summed E-state index contributed by atoms with van der Waals surface area (Å²) in [4.78, 5) is 3.77. The summed E-state index contributed by atoms with van der Waals surface area (Å²) >= 11 is 0. The van der Waals surface area contributed by atoms with Gasteiger partial charge >= 0.3 is 6.18 Å². The fraction of sp³-hybridized carbons (Fsp3) is 0.250. The lowest BCUT2D eigenvalue weighted by molar-refractivity contribution is -0.139. The molecule has 2 aromatic rings. The van der Waals surface area contributed by atoms with E-state index in [-0.39, 0.29) is 5.82 Å². The van der Waals surface area contributed by atoms with E-state index in [0.717, 1.165) is 0 Å². The largest absolute Gasteiger partial charge is 0.416 e. The Morgan fingerprint density at radius 1 is 1.32 bits per heavy atom. The van der Waals surface area contributed by atoms with E-state index in [1.165, 1.54) is 24.0 Å². The van der Waals surface area contributed by atoms with Gasteiger partial charge in [0.25, 0.3) is 0 Å². The minimum atomic E-state index is -4.67. The van der Waals surface area contributed by atoms with Gasteiger partial charge in [0.05, 0.1) is 5.56 Å². The highest BCUT2D eigenvalue weighted by molar-refractivity contribution is 5.35. The average Bonchev–Trinajstić information content (AvgIpc) is 2.72. The molecule has 2 rings (SSSR count). The molecule has 102 valence electrons. The molecule has 1 N–H and O–H groups in total. The van der Waals surface area contributed by atoms with Crippen LogP contribution in [0.25, 0.3) is 0 Å². The maximum absolute atomic E-state index is 13.1. The van der Waals surface area contributed by atoms with Crippen molar-refractivity contribution < 1.29 is 22.7 Å². The molecule has 0 spiro atoms. The number of imidazole rings is 1. The van der Waals surface area contributed by atoms with E-state index in [0.29, 0.717) is 18.2 Å². The Labute approximate surface area is 106 Å². The summed E-state index contributed by atoms with van der Waals surface area (Å²) in [7, 11) is 1.53. The number of hydrogen-bond donors (Lipinski definition) is 1. The van der Waals surface area contributed by atoms with E-state index in [1.807, 2.05) is 0 Å². The standard InChI is InChI=1S/C12H10F4N2O/c1-18-5-4-17-11(18)10(19)8-6-7(13)2-3-9(8)12(14,15)16/h2-6,10,19H,1H3. The molecular formula is C12H10F4N2O. The summed E-state index contributed by atoms with van der Waals surface area (Å²) in [6.07, 6.45) is -3.50. The molecule has 19 heavy (non-hydrogen) atoms. The Hall–Kier alpha value is -1.89. The minimum Gasteiger partial charge on any atom is -0.380 e. The first kappa shape index (κ1) is 13.5. The highest BCUT2D eigenvalue weighted by Crippen LogP contribution is 2.36. The van der Waals surface area contributed by atoms with E-state index in [2.05, 4.69) is 4.98 Å². The molecule has 1 unspecified atom stereocenters. The van der Waals surface area contributed by atoms with Crippen molar-refractivity contribution in [3.05, 3.63) is 53.4 Å². The topological polar surface area (TPSA) is 38.0 Å². The van der Waals surface area contributed by atoms with E-state index in [4.69, 9.17) is 0 Å². The number of alkyl halides is 3. The predicted molar refractivity (Wildman–Crippen MR) is 58.7 cm³/mol. The maximum Gasteiger partial charge on any atom is 0.416 e. The summed E-state index contributed by atoms with van der Waals surface area (Å²) in [5.74, 6) is -0.840. The fourth-order valence-corrected chi connectivity index (χ4v) is 1.80. The zero-order valence-electron chi connectivity index (χ0n) is 9.82. The molecule has 1 aromatic carbocycles. The van der Waals surface area contributed by atoms with Crippen LogP contribution in [0.4, 0.5) is 17.6 Å². The van der Waals surface area contributed by atoms with E-state index < -0.39 is 29.2 Å². The molecule has 1 atom stereocenters. The number of aromatic nitrogens is 2. The van der Waals surface area contributed by atoms with Gasteiger partial charge in [0.2, 0.25) is 0 Å². The third-order valence-electron chi connectivity index (χ3n) is 2.72. The van der Waals surface area contributed by atoms with Gasteiger partial charge in [-0.05, 0) is 18.2 Å². The Morgan fingerprint density at radius 2 is 2.00 bits per heavy atom. The van der Waals surface area contributed by atoms with Crippen LogP contribution in [-0.4, -0.2) is 14.7 Å². The third-order valence-corrected chi connectivity index (χ3v) is 2.72. The van der Waals surface area contributed by atoms with Crippen LogP contribution in [0.3, 0.4) is 0 Å². The second-order valence-corrected chi connectivity index (χ2v) is 4.03. The lowest BCUT2D eigenvalue weighted by Crippen LogP contribution is -2.15. The van der Waals surface area contributed by atoms with Gasteiger partial charge in [0.15, 0.2) is 0 Å². The van der Waals surface area contributed by atoms with Crippen molar-refractivity contribution in [2.75, 3.05) is 0 Å². The van der Waals surface area contributed by atoms with Gasteiger partial charge in [-0.1, -0.05) is 0 Å². The molecule has 0 amide bonds. The molecule has 1 heterocycles. The number of benzene rings is 1. The van der Waals surface area contributed by atoms with Gasteiger partial charge in [-0.3, -0.25) is 0 Å². The molecule has 0 aliphatic heterocycles. The van der Waals surface area contributed by atoms with E-state index in [1.54, 1.807) is 0 Å². The second-order valence-electron chi connectivity index (χ2n) is 4.03. The molecule has 0 aliphatic carbocycles. The number of halogens is 4. The summed E-state index contributed by atoms with van der Waals surface area (Å²) < 4.78 is 53.0. The van der Waals surface area contributed by atoms with Crippen molar-refractivity contribution in [2.45, 2.75) is 12.3 Å². The molecule has 0 saturated carbocycles. The van der Waals surface area contributed by atoms with Crippen molar-refractivity contribution in [3.8, 4) is 0 Å². The number of rotatable bonds is 2. The Morgan fingerprint density at radius 3 is 2.53 bits per heavy atom. The summed E-state index contributed by atoms with van der Waals surface area (Å²) in [6, 6.07) is 1.98. The molecular weight excluding hydrogens is 264 g/mol. The van der Waals surface area contributed by atoms with E-state index in [9.17, 15) is 22.7 Å². The first-order valence-corrected chi connectivity index (χ1v) is 5.32. The number of aliphatic hydroxyl groups is 1. The monoisotopic (exact) mass is 274 g/mol. The lowest BCUT2D eigenvalue weighted by atomic mass is 10.0. The summed E-state index contributed by atoms with van der Waals surface area (Å²) in [5.41, 5.74) is -1.63. The van der Waals surface area contributed by atoms with Crippen LogP contribution in [-0.2, 0) is 13.2 Å². The highest BCUT2D eigenvalue weighted by Gasteiger charge is 2.36. The fourth-order valence-electron chi connectivity index (χ4n) is 1.80. The van der Waals surface area contributed by atoms with Crippen LogP contribution in [0.15, 0.2) is 30.6 Å². The van der Waals surface area contributed by atoms with Gasteiger partial charge in [0, 0.05) is 25.0 Å². The second kappa shape index (κ2) is 4.65. The molecule has 7 heteroatoms. The SMILES string of the molecule is Cn1ccnc1C(O)c1cc(F)ccc1C(F)(F)F. The van der Waals surface area contributed by atoms with Crippen LogP contribution in [0, 0.1) is 5.82 Å². The first-order chi connectivity index (χ1) is 8.80. The van der Waals surface area contributed by atoms with Gasteiger partial charge < -0.3 is 9.67 Å². The quantitative estimate of drug-likeness (QED) is 0.855. The van der Waals surface area contributed by atoms with Gasteiger partial charge in [-0.2, -0.15) is 13.2 Å². The van der Waals surface area contributed by atoms with Crippen LogP contribution in [0.1, 0.15) is 23.1 Å². The third kappa shape index (κ3) is 2.60. The summed E-state index contributed by atoms with van der Waals surface area (Å²) in [6.45, 7) is 0. The number of hydrogen-bond acceptors (Lipinski definition) is 2. The van der Waals surface area contributed by atoms with Crippen molar-refractivity contribution in [2.24, 2.45) is 7.05 Å². The molecule has 0 fully saturated rings. The molecule has 0 aliphatic rings. The summed E-state index contributed by atoms with van der Waals surface area (Å²) in [5, 5.41) is 9.98. The number of aliphatic hydroxyl groups excluding tert-OH is 1. The smallest absolute Gasteiger partial charge is 0.380 e. The molecule has 0 radical (unpaired) electrons. The molecule has 0 saturated heterocycles. The number of nitrogens with zero attached hydrogens (tertiary/aromatic N) is 2. The minimum absolute atomic E-state index is 0.0103. The average molecular weight is 274 g/mol. The zero-order valence-corrected chi connectivity index (χ0v) is 9.82. The predicted octanol–water partition coefficient (Wildman–Crippen LogP) is 2.66. The Bertz CT molecular complexity index is 592. The van der Waals surface area contributed by atoms with Gasteiger partial charge in [-0.25, -0.2) is 9.37 Å². The van der Waals surface area contributed by atoms with Crippen molar-refractivity contribution >= 4 is 0 Å². The van der Waals surface area contributed by atoms with Crippen LogP contribution in [0.2, 0.25) is 0 Å². The molecule has 3 nitrogen and oxygen atoms in total. The Kier molecular flexibility index (Phi) is 3.32. The van der Waals surface area contributed by atoms with Crippen LogP contribution < -0.4 is 0 Å². The Balaban J connectivity index is 2.55. The lowest BCUT2D eigenvalue weighted by Gasteiger charge is -2.17.